The minimum absolute atomic E-state index is 0.0289. The SMILES string of the molecule is CCCCCCCCCC(CCc1cccc(F)c1)OC(OC(C)C)OC(C)C. The first-order valence-corrected chi connectivity index (χ1v) is 11.6. The molecule has 0 spiro atoms. The fourth-order valence-corrected chi connectivity index (χ4v) is 3.33. The third-order valence-corrected chi connectivity index (χ3v) is 4.84. The lowest BCUT2D eigenvalue weighted by Crippen LogP contribution is -2.32. The average molecular weight is 411 g/mol. The topological polar surface area (TPSA) is 27.7 Å². The summed E-state index contributed by atoms with van der Waals surface area (Å²) in [6.07, 6.45) is 11.6. The van der Waals surface area contributed by atoms with Crippen molar-refractivity contribution in [3.05, 3.63) is 35.6 Å². The minimum atomic E-state index is -0.655. The first-order valence-electron chi connectivity index (χ1n) is 11.6. The van der Waals surface area contributed by atoms with Crippen LogP contribution in [0.4, 0.5) is 4.39 Å². The maximum absolute atomic E-state index is 13.5. The second-order valence-corrected chi connectivity index (χ2v) is 8.50. The van der Waals surface area contributed by atoms with Crippen molar-refractivity contribution in [2.24, 2.45) is 0 Å². The predicted molar refractivity (Wildman–Crippen MR) is 118 cm³/mol. The Morgan fingerprint density at radius 1 is 0.793 bits per heavy atom. The molecule has 0 aromatic heterocycles. The highest BCUT2D eigenvalue weighted by molar-refractivity contribution is 5.16. The third-order valence-electron chi connectivity index (χ3n) is 4.84. The molecule has 0 bridgehead atoms. The van der Waals surface area contributed by atoms with E-state index in [9.17, 15) is 4.39 Å². The van der Waals surface area contributed by atoms with Gasteiger partial charge in [0.25, 0.3) is 6.48 Å². The van der Waals surface area contributed by atoms with Gasteiger partial charge in [-0.15, -0.1) is 0 Å². The molecule has 29 heavy (non-hydrogen) atoms. The maximum Gasteiger partial charge on any atom is 0.272 e. The number of ether oxygens (including phenoxy) is 3. The Labute approximate surface area is 178 Å². The molecule has 0 saturated heterocycles. The standard InChI is InChI=1S/C25H43FO3/c1-6-7-8-9-10-11-12-16-24(18-17-22-14-13-15-23(26)19-22)29-25(27-20(2)3)28-21(4)5/h13-15,19-21,24-25H,6-12,16-18H2,1-5H3. The smallest absolute Gasteiger partial charge is 0.272 e. The molecule has 1 unspecified atom stereocenters. The molecule has 168 valence electrons. The van der Waals surface area contributed by atoms with Crippen molar-refractivity contribution in [2.75, 3.05) is 0 Å². The number of aryl methyl sites for hydroxylation is 1. The molecular formula is C25H43FO3. The van der Waals surface area contributed by atoms with Crippen molar-refractivity contribution in [1.29, 1.82) is 0 Å². The third kappa shape index (κ3) is 13.8. The zero-order valence-electron chi connectivity index (χ0n) is 19.3. The Morgan fingerprint density at radius 3 is 2.00 bits per heavy atom. The van der Waals surface area contributed by atoms with Crippen LogP contribution in [0.3, 0.4) is 0 Å². The summed E-state index contributed by atoms with van der Waals surface area (Å²) in [5.74, 6) is -0.184. The summed E-state index contributed by atoms with van der Waals surface area (Å²) in [5, 5.41) is 0. The summed E-state index contributed by atoms with van der Waals surface area (Å²) in [6, 6.07) is 6.83. The molecule has 1 rings (SSSR count). The molecule has 0 aliphatic carbocycles. The quantitative estimate of drug-likeness (QED) is 0.197. The Hall–Kier alpha value is -0.970. The van der Waals surface area contributed by atoms with E-state index in [1.807, 2.05) is 33.8 Å². The van der Waals surface area contributed by atoms with Crippen molar-refractivity contribution in [2.45, 2.75) is 124 Å². The fourth-order valence-electron chi connectivity index (χ4n) is 3.33. The summed E-state index contributed by atoms with van der Waals surface area (Å²) in [5.41, 5.74) is 1.00. The van der Waals surface area contributed by atoms with Gasteiger partial charge in [0.15, 0.2) is 0 Å². The van der Waals surface area contributed by atoms with E-state index in [2.05, 4.69) is 6.92 Å². The van der Waals surface area contributed by atoms with Crippen molar-refractivity contribution in [3.63, 3.8) is 0 Å². The van der Waals surface area contributed by atoms with Gasteiger partial charge in [-0.1, -0.05) is 64.0 Å². The molecule has 4 heteroatoms. The monoisotopic (exact) mass is 410 g/mol. The number of hydrogen-bond acceptors (Lipinski definition) is 3. The van der Waals surface area contributed by atoms with E-state index in [0.717, 1.165) is 31.2 Å². The van der Waals surface area contributed by atoms with Gasteiger partial charge >= 0.3 is 0 Å². The van der Waals surface area contributed by atoms with Crippen molar-refractivity contribution < 1.29 is 18.6 Å². The van der Waals surface area contributed by atoms with Crippen LogP contribution in [-0.2, 0) is 20.6 Å². The van der Waals surface area contributed by atoms with Crippen LogP contribution in [0.1, 0.15) is 98.0 Å². The predicted octanol–water partition coefficient (Wildman–Crippen LogP) is 7.42. The summed E-state index contributed by atoms with van der Waals surface area (Å²) in [6.45, 7) is 9.53. The van der Waals surface area contributed by atoms with Crippen molar-refractivity contribution >= 4 is 0 Å². The molecule has 0 heterocycles. The molecule has 1 atom stereocenters. The first kappa shape index (κ1) is 26.1. The molecule has 0 amide bonds. The van der Waals surface area contributed by atoms with Gasteiger partial charge in [-0.3, -0.25) is 0 Å². The van der Waals surface area contributed by atoms with E-state index in [4.69, 9.17) is 14.2 Å². The molecule has 0 N–H and O–H groups in total. The van der Waals surface area contributed by atoms with Crippen LogP contribution < -0.4 is 0 Å². The van der Waals surface area contributed by atoms with Crippen LogP contribution in [-0.4, -0.2) is 24.8 Å². The van der Waals surface area contributed by atoms with E-state index in [1.54, 1.807) is 12.1 Å². The lowest BCUT2D eigenvalue weighted by Gasteiger charge is -2.28. The number of rotatable bonds is 17. The normalized spacial score (nSPS) is 13.0. The molecule has 0 saturated carbocycles. The number of hydrogen-bond donors (Lipinski definition) is 0. The van der Waals surface area contributed by atoms with Gasteiger partial charge in [-0.2, -0.15) is 0 Å². The second kappa shape index (κ2) is 15.8. The van der Waals surface area contributed by atoms with Crippen molar-refractivity contribution in [1.82, 2.24) is 0 Å². The van der Waals surface area contributed by atoms with E-state index < -0.39 is 6.48 Å². The zero-order chi connectivity index (χ0) is 21.5. The van der Waals surface area contributed by atoms with Gasteiger partial charge in [0.1, 0.15) is 5.82 Å². The summed E-state index contributed by atoms with van der Waals surface area (Å²) < 4.78 is 31.4. The van der Waals surface area contributed by atoms with Crippen LogP contribution in [0.25, 0.3) is 0 Å². The van der Waals surface area contributed by atoms with Crippen LogP contribution in [0.15, 0.2) is 24.3 Å². The Morgan fingerprint density at radius 2 is 1.41 bits per heavy atom. The maximum atomic E-state index is 13.5. The molecule has 0 radical (unpaired) electrons. The Bertz CT molecular complexity index is 509. The van der Waals surface area contributed by atoms with Crippen LogP contribution in [0, 0.1) is 5.82 Å². The van der Waals surface area contributed by atoms with Crippen LogP contribution in [0.2, 0.25) is 0 Å². The molecule has 0 fully saturated rings. The molecule has 0 aliphatic heterocycles. The second-order valence-electron chi connectivity index (χ2n) is 8.50. The van der Waals surface area contributed by atoms with Gasteiger partial charge < -0.3 is 14.2 Å². The van der Waals surface area contributed by atoms with Crippen LogP contribution in [0.5, 0.6) is 0 Å². The highest BCUT2D eigenvalue weighted by Crippen LogP contribution is 2.19. The summed E-state index contributed by atoms with van der Waals surface area (Å²) in [4.78, 5) is 0. The summed E-state index contributed by atoms with van der Waals surface area (Å²) in [7, 11) is 0. The van der Waals surface area contributed by atoms with E-state index in [-0.39, 0.29) is 24.1 Å². The zero-order valence-corrected chi connectivity index (χ0v) is 19.3. The highest BCUT2D eigenvalue weighted by atomic mass is 19.1. The van der Waals surface area contributed by atoms with E-state index in [0.29, 0.717) is 0 Å². The molecule has 0 aliphatic rings. The number of benzene rings is 1. The average Bonchev–Trinajstić information content (AvgIpc) is 2.64. The minimum Gasteiger partial charge on any atom is -0.327 e. The van der Waals surface area contributed by atoms with Gasteiger partial charge in [-0.05, 0) is 64.7 Å². The van der Waals surface area contributed by atoms with Crippen molar-refractivity contribution in [3.8, 4) is 0 Å². The molecular weight excluding hydrogens is 367 g/mol. The molecule has 1 aromatic rings. The first-order chi connectivity index (χ1) is 13.9. The Balaban J connectivity index is 2.57. The molecule has 3 nitrogen and oxygen atoms in total. The van der Waals surface area contributed by atoms with Gasteiger partial charge in [0, 0.05) is 0 Å². The van der Waals surface area contributed by atoms with Crippen LogP contribution >= 0.6 is 0 Å². The van der Waals surface area contributed by atoms with Gasteiger partial charge in [-0.25, -0.2) is 4.39 Å². The lowest BCUT2D eigenvalue weighted by atomic mass is 10.0. The van der Waals surface area contributed by atoms with E-state index in [1.165, 1.54) is 44.6 Å². The van der Waals surface area contributed by atoms with Gasteiger partial charge in [0.05, 0.1) is 18.3 Å². The number of unbranched alkanes of at least 4 members (excludes halogenated alkanes) is 6. The Kier molecular flexibility index (Phi) is 14.2. The fraction of sp³-hybridized carbons (Fsp3) is 0.760. The lowest BCUT2D eigenvalue weighted by molar-refractivity contribution is -0.327. The number of halogens is 1. The summed E-state index contributed by atoms with van der Waals surface area (Å²) >= 11 is 0. The highest BCUT2D eigenvalue weighted by Gasteiger charge is 2.20. The molecule has 1 aromatic carbocycles. The van der Waals surface area contributed by atoms with E-state index >= 15 is 0 Å². The largest absolute Gasteiger partial charge is 0.327 e. The van der Waals surface area contributed by atoms with Gasteiger partial charge in [0.2, 0.25) is 0 Å².